The van der Waals surface area contributed by atoms with E-state index in [-0.39, 0.29) is 5.54 Å². The average Bonchev–Trinajstić information content (AvgIpc) is 2.49. The molecule has 2 heterocycles. The molecule has 0 bridgehead atoms. The van der Waals surface area contributed by atoms with Crippen LogP contribution in [0.5, 0.6) is 0 Å². The van der Waals surface area contributed by atoms with Crippen molar-refractivity contribution >= 4 is 0 Å². The molecule has 0 saturated carbocycles. The van der Waals surface area contributed by atoms with Gasteiger partial charge in [-0.25, -0.2) is 0 Å². The van der Waals surface area contributed by atoms with Gasteiger partial charge >= 0.3 is 0 Å². The molecule has 118 valence electrons. The summed E-state index contributed by atoms with van der Waals surface area (Å²) in [5, 5.41) is 0. The molecule has 2 rings (SSSR count). The van der Waals surface area contributed by atoms with Gasteiger partial charge in [0, 0.05) is 25.7 Å². The van der Waals surface area contributed by atoms with Crippen molar-refractivity contribution in [3.8, 4) is 0 Å². The lowest BCUT2D eigenvalue weighted by atomic mass is 9.82. The van der Waals surface area contributed by atoms with E-state index >= 15 is 0 Å². The van der Waals surface area contributed by atoms with Crippen LogP contribution >= 0.6 is 0 Å². The molecule has 2 fully saturated rings. The summed E-state index contributed by atoms with van der Waals surface area (Å²) in [6.07, 6.45) is 6.35. The normalized spacial score (nSPS) is 28.6. The van der Waals surface area contributed by atoms with Crippen molar-refractivity contribution < 1.29 is 4.74 Å². The first-order valence-corrected chi connectivity index (χ1v) is 8.40. The second kappa shape index (κ2) is 7.74. The van der Waals surface area contributed by atoms with Crippen molar-refractivity contribution in [3.05, 3.63) is 0 Å². The number of methoxy groups -OCH3 is 1. The van der Waals surface area contributed by atoms with E-state index in [2.05, 4.69) is 16.7 Å². The Hall–Kier alpha value is -0.160. The lowest BCUT2D eigenvalue weighted by Crippen LogP contribution is -2.61. The number of hydrogen-bond acceptors (Lipinski definition) is 4. The van der Waals surface area contributed by atoms with Crippen LogP contribution in [0.1, 0.15) is 39.0 Å². The van der Waals surface area contributed by atoms with Crippen molar-refractivity contribution in [1.29, 1.82) is 0 Å². The van der Waals surface area contributed by atoms with Gasteiger partial charge in [-0.3, -0.25) is 4.90 Å². The number of nitrogens with two attached hydrogens (primary N) is 1. The third-order valence-electron chi connectivity index (χ3n) is 5.30. The van der Waals surface area contributed by atoms with E-state index in [0.717, 1.165) is 13.2 Å². The van der Waals surface area contributed by atoms with Gasteiger partial charge in [0.2, 0.25) is 0 Å². The van der Waals surface area contributed by atoms with Crippen LogP contribution in [0, 0.1) is 5.92 Å². The highest BCUT2D eigenvalue weighted by atomic mass is 16.5. The second-order valence-corrected chi connectivity index (χ2v) is 6.68. The number of ether oxygens (including phenoxy) is 1. The zero-order valence-corrected chi connectivity index (χ0v) is 13.4. The van der Waals surface area contributed by atoms with E-state index in [9.17, 15) is 0 Å². The van der Waals surface area contributed by atoms with E-state index in [1.54, 1.807) is 0 Å². The Bertz CT molecular complexity index is 275. The van der Waals surface area contributed by atoms with Gasteiger partial charge in [0.25, 0.3) is 0 Å². The first-order chi connectivity index (χ1) is 9.74. The highest BCUT2D eigenvalue weighted by molar-refractivity contribution is 4.98. The third kappa shape index (κ3) is 3.73. The standard InChI is InChI=1S/C16H33N3O/c1-3-8-18-10-6-16(14-17,7-11-18)19-9-4-5-15(12-19)13-20-2/h15H,3-14,17H2,1-2H3. The molecule has 0 aromatic heterocycles. The predicted octanol–water partition coefficient (Wildman–Crippen LogP) is 1.55. The zero-order chi connectivity index (χ0) is 14.4. The minimum Gasteiger partial charge on any atom is -0.384 e. The van der Waals surface area contributed by atoms with Gasteiger partial charge < -0.3 is 15.4 Å². The monoisotopic (exact) mass is 283 g/mol. The molecule has 0 aliphatic carbocycles. The van der Waals surface area contributed by atoms with Gasteiger partial charge in [-0.1, -0.05) is 6.92 Å². The summed E-state index contributed by atoms with van der Waals surface area (Å²) in [5.41, 5.74) is 6.48. The topological polar surface area (TPSA) is 41.7 Å². The Morgan fingerprint density at radius 2 is 2.00 bits per heavy atom. The summed E-state index contributed by atoms with van der Waals surface area (Å²) in [6.45, 7) is 10.1. The number of piperidine rings is 2. The van der Waals surface area contributed by atoms with Crippen molar-refractivity contribution in [3.63, 3.8) is 0 Å². The number of likely N-dealkylation sites (tertiary alicyclic amines) is 2. The smallest absolute Gasteiger partial charge is 0.0502 e. The summed E-state index contributed by atoms with van der Waals surface area (Å²) in [6, 6.07) is 0. The summed E-state index contributed by atoms with van der Waals surface area (Å²) in [5.74, 6) is 0.700. The van der Waals surface area contributed by atoms with Crippen molar-refractivity contribution in [1.82, 2.24) is 9.80 Å². The molecule has 20 heavy (non-hydrogen) atoms. The van der Waals surface area contributed by atoms with Crippen LogP contribution < -0.4 is 5.73 Å². The average molecular weight is 283 g/mol. The molecule has 0 radical (unpaired) electrons. The van der Waals surface area contributed by atoms with Gasteiger partial charge in [-0.15, -0.1) is 0 Å². The molecule has 1 atom stereocenters. The lowest BCUT2D eigenvalue weighted by molar-refractivity contribution is -0.0136. The van der Waals surface area contributed by atoms with Crippen LogP contribution in [0.15, 0.2) is 0 Å². The van der Waals surface area contributed by atoms with Crippen LogP contribution in [0.2, 0.25) is 0 Å². The molecule has 4 heteroatoms. The Labute approximate surface area is 124 Å². The summed E-state index contributed by atoms with van der Waals surface area (Å²) in [7, 11) is 1.82. The van der Waals surface area contributed by atoms with Gasteiger partial charge in [-0.05, 0) is 64.2 Å². The third-order valence-corrected chi connectivity index (χ3v) is 5.30. The highest BCUT2D eigenvalue weighted by Gasteiger charge is 2.40. The van der Waals surface area contributed by atoms with E-state index < -0.39 is 0 Å². The Morgan fingerprint density at radius 3 is 2.60 bits per heavy atom. The van der Waals surface area contributed by atoms with Crippen molar-refractivity contribution in [2.24, 2.45) is 11.7 Å². The highest BCUT2D eigenvalue weighted by Crippen LogP contribution is 2.32. The maximum absolute atomic E-state index is 6.22. The van der Waals surface area contributed by atoms with E-state index in [0.29, 0.717) is 5.92 Å². The molecule has 2 aliphatic heterocycles. The van der Waals surface area contributed by atoms with Gasteiger partial charge in [0.1, 0.15) is 0 Å². The maximum atomic E-state index is 6.22. The SMILES string of the molecule is CCCN1CCC(CN)(N2CCCC(COC)C2)CC1. The van der Waals surface area contributed by atoms with Crippen molar-refractivity contribution in [2.75, 3.05) is 53.0 Å². The molecular formula is C16H33N3O. The number of hydrogen-bond donors (Lipinski definition) is 1. The summed E-state index contributed by atoms with van der Waals surface area (Å²) in [4.78, 5) is 5.30. The Morgan fingerprint density at radius 1 is 1.25 bits per heavy atom. The minimum absolute atomic E-state index is 0.261. The lowest BCUT2D eigenvalue weighted by Gasteiger charge is -2.51. The van der Waals surface area contributed by atoms with Crippen molar-refractivity contribution in [2.45, 2.75) is 44.6 Å². The predicted molar refractivity (Wildman–Crippen MR) is 83.9 cm³/mol. The fourth-order valence-electron chi connectivity index (χ4n) is 4.03. The molecular weight excluding hydrogens is 250 g/mol. The molecule has 0 aromatic carbocycles. The van der Waals surface area contributed by atoms with E-state index in [4.69, 9.17) is 10.5 Å². The molecule has 2 N–H and O–H groups in total. The Kier molecular flexibility index (Phi) is 6.27. The molecule has 0 aromatic rings. The molecule has 2 saturated heterocycles. The molecule has 0 spiro atoms. The fourth-order valence-corrected chi connectivity index (χ4v) is 4.03. The molecule has 1 unspecified atom stereocenters. The molecule has 2 aliphatic rings. The quantitative estimate of drug-likeness (QED) is 0.803. The fraction of sp³-hybridized carbons (Fsp3) is 1.00. The largest absolute Gasteiger partial charge is 0.384 e. The van der Waals surface area contributed by atoms with Gasteiger partial charge in [-0.2, -0.15) is 0 Å². The van der Waals surface area contributed by atoms with Crippen LogP contribution in [-0.2, 0) is 4.74 Å². The zero-order valence-electron chi connectivity index (χ0n) is 13.4. The number of rotatable bonds is 6. The number of nitrogens with zero attached hydrogens (tertiary/aromatic N) is 2. The Balaban J connectivity index is 1.93. The van der Waals surface area contributed by atoms with Gasteiger partial charge in [0.05, 0.1) is 6.61 Å². The van der Waals surface area contributed by atoms with Gasteiger partial charge in [0.15, 0.2) is 0 Å². The minimum atomic E-state index is 0.261. The second-order valence-electron chi connectivity index (χ2n) is 6.68. The van der Waals surface area contributed by atoms with E-state index in [1.807, 2.05) is 7.11 Å². The first-order valence-electron chi connectivity index (χ1n) is 8.40. The maximum Gasteiger partial charge on any atom is 0.0502 e. The van der Waals surface area contributed by atoms with Crippen LogP contribution in [0.25, 0.3) is 0 Å². The first kappa shape index (κ1) is 16.2. The molecule has 0 amide bonds. The molecule has 4 nitrogen and oxygen atoms in total. The summed E-state index contributed by atoms with van der Waals surface area (Å²) < 4.78 is 5.37. The van der Waals surface area contributed by atoms with Crippen LogP contribution in [-0.4, -0.2) is 68.3 Å². The summed E-state index contributed by atoms with van der Waals surface area (Å²) >= 11 is 0. The van der Waals surface area contributed by atoms with E-state index in [1.165, 1.54) is 64.8 Å². The van der Waals surface area contributed by atoms with Crippen LogP contribution in [0.4, 0.5) is 0 Å². The van der Waals surface area contributed by atoms with Crippen LogP contribution in [0.3, 0.4) is 0 Å².